The van der Waals surface area contributed by atoms with Crippen LogP contribution in [-0.4, -0.2) is 17.7 Å². The second kappa shape index (κ2) is 6.75. The summed E-state index contributed by atoms with van der Waals surface area (Å²) in [4.78, 5) is 15.7. The third-order valence-electron chi connectivity index (χ3n) is 4.38. The summed E-state index contributed by atoms with van der Waals surface area (Å²) in [5.74, 6) is -0.366. The minimum absolute atomic E-state index is 0.00560. The molecular formula is C19H20FNOS. The number of hydrogen-bond donors (Lipinski definition) is 0. The van der Waals surface area contributed by atoms with Crippen LogP contribution in [0.25, 0.3) is 0 Å². The SMILES string of the molecule is CN(C(=O)C1(Sc2ccccc2)CCCC1)c1ccccc1F. The predicted molar refractivity (Wildman–Crippen MR) is 93.3 cm³/mol. The van der Waals surface area contributed by atoms with E-state index < -0.39 is 4.75 Å². The maximum absolute atomic E-state index is 14.0. The van der Waals surface area contributed by atoms with E-state index in [9.17, 15) is 9.18 Å². The van der Waals surface area contributed by atoms with E-state index in [1.165, 1.54) is 11.0 Å². The zero-order valence-corrected chi connectivity index (χ0v) is 14.0. The van der Waals surface area contributed by atoms with E-state index in [0.717, 1.165) is 30.6 Å². The standard InChI is InChI=1S/C19H20FNOS/c1-21(17-12-6-5-11-16(17)20)18(22)19(13-7-8-14-19)23-15-9-3-2-4-10-15/h2-6,9-12H,7-8,13-14H2,1H3. The van der Waals surface area contributed by atoms with Crippen LogP contribution in [0.3, 0.4) is 0 Å². The molecule has 0 bridgehead atoms. The molecule has 23 heavy (non-hydrogen) atoms. The van der Waals surface area contributed by atoms with Crippen LogP contribution >= 0.6 is 11.8 Å². The Labute approximate surface area is 140 Å². The normalized spacial score (nSPS) is 16.3. The van der Waals surface area contributed by atoms with Crippen molar-refractivity contribution in [3.8, 4) is 0 Å². The Morgan fingerprint density at radius 3 is 2.30 bits per heavy atom. The topological polar surface area (TPSA) is 20.3 Å². The lowest BCUT2D eigenvalue weighted by Crippen LogP contribution is -2.43. The lowest BCUT2D eigenvalue weighted by molar-refractivity contribution is -0.120. The van der Waals surface area contributed by atoms with Crippen molar-refractivity contribution in [1.82, 2.24) is 0 Å². The lowest BCUT2D eigenvalue weighted by Gasteiger charge is -2.32. The largest absolute Gasteiger partial charge is 0.312 e. The summed E-state index contributed by atoms with van der Waals surface area (Å²) in [6.45, 7) is 0. The van der Waals surface area contributed by atoms with Crippen molar-refractivity contribution in [2.75, 3.05) is 11.9 Å². The fourth-order valence-corrected chi connectivity index (χ4v) is 4.62. The van der Waals surface area contributed by atoms with Crippen LogP contribution in [0, 0.1) is 5.82 Å². The molecule has 4 heteroatoms. The number of rotatable bonds is 4. The average Bonchev–Trinajstić information content (AvgIpc) is 3.04. The molecule has 0 unspecified atom stereocenters. The Morgan fingerprint density at radius 2 is 1.65 bits per heavy atom. The smallest absolute Gasteiger partial charge is 0.243 e. The van der Waals surface area contributed by atoms with Gasteiger partial charge in [0.1, 0.15) is 5.82 Å². The van der Waals surface area contributed by atoms with Crippen molar-refractivity contribution in [3.05, 3.63) is 60.4 Å². The van der Waals surface area contributed by atoms with Crippen LogP contribution in [0.15, 0.2) is 59.5 Å². The van der Waals surface area contributed by atoms with Gasteiger partial charge < -0.3 is 4.90 Å². The third kappa shape index (κ3) is 3.27. The molecule has 0 aromatic heterocycles. The van der Waals surface area contributed by atoms with Crippen molar-refractivity contribution < 1.29 is 9.18 Å². The number of halogens is 1. The van der Waals surface area contributed by atoms with E-state index in [2.05, 4.69) is 0 Å². The second-order valence-electron chi connectivity index (χ2n) is 5.93. The summed E-state index contributed by atoms with van der Waals surface area (Å²) in [5, 5.41) is 0. The average molecular weight is 329 g/mol. The number of benzene rings is 2. The number of nitrogens with zero attached hydrogens (tertiary/aromatic N) is 1. The monoisotopic (exact) mass is 329 g/mol. The summed E-state index contributed by atoms with van der Waals surface area (Å²) in [5.41, 5.74) is 0.345. The van der Waals surface area contributed by atoms with Gasteiger partial charge in [-0.2, -0.15) is 0 Å². The molecule has 1 amide bonds. The van der Waals surface area contributed by atoms with Gasteiger partial charge in [0.05, 0.1) is 10.4 Å². The molecule has 2 aromatic carbocycles. The fraction of sp³-hybridized carbons (Fsp3) is 0.316. The molecule has 3 rings (SSSR count). The van der Waals surface area contributed by atoms with E-state index >= 15 is 0 Å². The van der Waals surface area contributed by atoms with Gasteiger partial charge in [0, 0.05) is 11.9 Å². The number of amides is 1. The van der Waals surface area contributed by atoms with Crippen molar-refractivity contribution in [2.24, 2.45) is 0 Å². The number of para-hydroxylation sites is 1. The Kier molecular flexibility index (Phi) is 4.71. The van der Waals surface area contributed by atoms with Crippen LogP contribution < -0.4 is 4.90 Å². The molecule has 0 atom stereocenters. The van der Waals surface area contributed by atoms with Crippen LogP contribution in [0.1, 0.15) is 25.7 Å². The van der Waals surface area contributed by atoms with Gasteiger partial charge in [-0.15, -0.1) is 11.8 Å². The molecule has 1 saturated carbocycles. The molecule has 1 aliphatic carbocycles. The van der Waals surface area contributed by atoms with E-state index in [1.807, 2.05) is 30.3 Å². The van der Waals surface area contributed by atoms with E-state index in [1.54, 1.807) is 37.0 Å². The van der Waals surface area contributed by atoms with Crippen molar-refractivity contribution >= 4 is 23.4 Å². The molecule has 0 saturated heterocycles. The number of hydrogen-bond acceptors (Lipinski definition) is 2. The highest BCUT2D eigenvalue weighted by Crippen LogP contribution is 2.46. The zero-order chi connectivity index (χ0) is 16.3. The Bertz CT molecular complexity index is 683. The fourth-order valence-electron chi connectivity index (χ4n) is 3.16. The third-order valence-corrected chi connectivity index (χ3v) is 5.86. The summed E-state index contributed by atoms with van der Waals surface area (Å²) < 4.78 is 13.6. The van der Waals surface area contributed by atoms with Gasteiger partial charge in [0.15, 0.2) is 0 Å². The summed E-state index contributed by atoms with van der Waals surface area (Å²) in [6, 6.07) is 16.4. The first-order valence-electron chi connectivity index (χ1n) is 7.89. The first-order chi connectivity index (χ1) is 11.1. The molecule has 2 nitrogen and oxygen atoms in total. The van der Waals surface area contributed by atoms with Crippen molar-refractivity contribution in [3.63, 3.8) is 0 Å². The number of carbonyl (C=O) groups is 1. The zero-order valence-electron chi connectivity index (χ0n) is 13.2. The Hall–Kier alpha value is -1.81. The van der Waals surface area contributed by atoms with Gasteiger partial charge in [-0.05, 0) is 37.1 Å². The molecule has 1 fully saturated rings. The van der Waals surface area contributed by atoms with Crippen LogP contribution in [0.4, 0.5) is 10.1 Å². The maximum atomic E-state index is 14.0. The highest BCUT2D eigenvalue weighted by molar-refractivity contribution is 8.01. The quantitative estimate of drug-likeness (QED) is 0.795. The first-order valence-corrected chi connectivity index (χ1v) is 8.71. The Morgan fingerprint density at radius 1 is 1.04 bits per heavy atom. The molecule has 0 spiro atoms. The molecule has 0 radical (unpaired) electrons. The highest BCUT2D eigenvalue weighted by atomic mass is 32.2. The molecule has 0 N–H and O–H groups in total. The van der Waals surface area contributed by atoms with E-state index in [-0.39, 0.29) is 11.7 Å². The number of carbonyl (C=O) groups excluding carboxylic acids is 1. The highest BCUT2D eigenvalue weighted by Gasteiger charge is 2.44. The van der Waals surface area contributed by atoms with E-state index in [4.69, 9.17) is 0 Å². The summed E-state index contributed by atoms with van der Waals surface area (Å²) >= 11 is 1.62. The van der Waals surface area contributed by atoms with Gasteiger partial charge in [-0.1, -0.05) is 43.2 Å². The van der Waals surface area contributed by atoms with Crippen LogP contribution in [-0.2, 0) is 4.79 Å². The number of anilines is 1. The van der Waals surface area contributed by atoms with Crippen LogP contribution in [0.2, 0.25) is 0 Å². The van der Waals surface area contributed by atoms with Gasteiger partial charge in [-0.3, -0.25) is 4.79 Å². The maximum Gasteiger partial charge on any atom is 0.243 e. The minimum atomic E-state index is -0.488. The van der Waals surface area contributed by atoms with Crippen molar-refractivity contribution in [2.45, 2.75) is 35.3 Å². The molecule has 0 heterocycles. The lowest BCUT2D eigenvalue weighted by atomic mass is 10.1. The van der Waals surface area contributed by atoms with Gasteiger partial charge >= 0.3 is 0 Å². The second-order valence-corrected chi connectivity index (χ2v) is 7.39. The van der Waals surface area contributed by atoms with Gasteiger partial charge in [0.2, 0.25) is 5.91 Å². The minimum Gasteiger partial charge on any atom is -0.312 e. The molecule has 0 aliphatic heterocycles. The van der Waals surface area contributed by atoms with E-state index in [0.29, 0.717) is 5.69 Å². The molecule has 2 aromatic rings. The molecular weight excluding hydrogens is 309 g/mol. The molecule has 120 valence electrons. The van der Waals surface area contributed by atoms with Gasteiger partial charge in [-0.25, -0.2) is 4.39 Å². The molecule has 1 aliphatic rings. The van der Waals surface area contributed by atoms with Crippen molar-refractivity contribution in [1.29, 1.82) is 0 Å². The van der Waals surface area contributed by atoms with Gasteiger partial charge in [0.25, 0.3) is 0 Å². The summed E-state index contributed by atoms with van der Waals surface area (Å²) in [7, 11) is 1.67. The number of thioether (sulfide) groups is 1. The predicted octanol–water partition coefficient (Wildman–Crippen LogP) is 4.89. The first kappa shape index (κ1) is 16.1. The van der Waals surface area contributed by atoms with Crippen LogP contribution in [0.5, 0.6) is 0 Å². The summed E-state index contributed by atoms with van der Waals surface area (Å²) in [6.07, 6.45) is 3.75. The Balaban J connectivity index is 1.89.